The largest absolute Gasteiger partial charge is 0.336 e. The molecule has 148 valence electrons. The van der Waals surface area contributed by atoms with E-state index in [0.717, 1.165) is 28.1 Å². The van der Waals surface area contributed by atoms with Crippen LogP contribution in [0.1, 0.15) is 22.8 Å². The van der Waals surface area contributed by atoms with Gasteiger partial charge in [0, 0.05) is 42.3 Å². The van der Waals surface area contributed by atoms with Crippen LogP contribution >= 0.6 is 11.8 Å². The summed E-state index contributed by atoms with van der Waals surface area (Å²) in [5.74, 6) is 0.0574. The van der Waals surface area contributed by atoms with Gasteiger partial charge < -0.3 is 10.2 Å². The molecule has 0 saturated carbocycles. The zero-order valence-corrected chi connectivity index (χ0v) is 17.3. The van der Waals surface area contributed by atoms with Crippen molar-refractivity contribution in [2.75, 3.05) is 44.3 Å². The van der Waals surface area contributed by atoms with Crippen LogP contribution in [-0.2, 0) is 11.2 Å². The molecule has 3 rings (SSSR count). The number of carbonyl (C=O) groups is 2. The molecule has 2 aromatic carbocycles. The highest BCUT2D eigenvalue weighted by Crippen LogP contribution is 2.17. The van der Waals surface area contributed by atoms with Crippen molar-refractivity contribution < 1.29 is 9.59 Å². The van der Waals surface area contributed by atoms with E-state index < -0.39 is 0 Å². The van der Waals surface area contributed by atoms with E-state index in [9.17, 15) is 9.59 Å². The fraction of sp³-hybridized carbons (Fsp3) is 0.364. The van der Waals surface area contributed by atoms with E-state index in [4.69, 9.17) is 0 Å². The zero-order valence-electron chi connectivity index (χ0n) is 16.5. The third kappa shape index (κ3) is 5.14. The number of piperazine rings is 1. The summed E-state index contributed by atoms with van der Waals surface area (Å²) >= 11 is 1.66. The van der Waals surface area contributed by atoms with Crippen molar-refractivity contribution in [3.05, 3.63) is 59.7 Å². The lowest BCUT2D eigenvalue weighted by molar-refractivity contribution is -0.117. The number of hydrogen-bond acceptors (Lipinski definition) is 4. The molecule has 0 spiro atoms. The molecule has 2 amide bonds. The van der Waals surface area contributed by atoms with Gasteiger partial charge in [-0.1, -0.05) is 25.1 Å². The number of thioether (sulfide) groups is 1. The topological polar surface area (TPSA) is 52.7 Å². The number of nitrogens with one attached hydrogen (secondary N) is 1. The molecular weight excluding hydrogens is 370 g/mol. The van der Waals surface area contributed by atoms with E-state index in [2.05, 4.69) is 17.1 Å². The predicted octanol–water partition coefficient (Wildman–Crippen LogP) is 3.37. The Bertz CT molecular complexity index is 815. The zero-order chi connectivity index (χ0) is 19.9. The van der Waals surface area contributed by atoms with Crippen molar-refractivity contribution in [2.45, 2.75) is 18.2 Å². The lowest BCUT2D eigenvalue weighted by Crippen LogP contribution is -2.50. The van der Waals surface area contributed by atoms with E-state index in [1.807, 2.05) is 59.7 Å². The van der Waals surface area contributed by atoms with Crippen LogP contribution in [0.25, 0.3) is 0 Å². The van der Waals surface area contributed by atoms with Crippen LogP contribution in [0.5, 0.6) is 0 Å². The SMILES string of the molecule is CCc1ccccc1NC(=O)CN1CCN(C(=O)c2ccc(SC)cc2)CC1. The van der Waals surface area contributed by atoms with Crippen molar-refractivity contribution >= 4 is 29.3 Å². The standard InChI is InChI=1S/C22H27N3O2S/c1-3-17-6-4-5-7-20(17)23-21(26)16-24-12-14-25(15-13-24)22(27)18-8-10-19(28-2)11-9-18/h4-11H,3,12-16H2,1-2H3,(H,23,26). The molecule has 28 heavy (non-hydrogen) atoms. The van der Waals surface area contributed by atoms with Crippen molar-refractivity contribution in [3.8, 4) is 0 Å². The third-order valence-corrected chi connectivity index (χ3v) is 5.78. The molecule has 1 aliphatic rings. The van der Waals surface area contributed by atoms with E-state index in [1.165, 1.54) is 0 Å². The van der Waals surface area contributed by atoms with Gasteiger partial charge in [0.2, 0.25) is 5.91 Å². The summed E-state index contributed by atoms with van der Waals surface area (Å²) in [6.07, 6.45) is 2.90. The molecule has 0 radical (unpaired) electrons. The molecule has 0 unspecified atom stereocenters. The average Bonchev–Trinajstić information content (AvgIpc) is 2.74. The second-order valence-corrected chi connectivity index (χ2v) is 7.74. The maximum Gasteiger partial charge on any atom is 0.253 e. The van der Waals surface area contributed by atoms with Crippen molar-refractivity contribution in [1.82, 2.24) is 9.80 Å². The molecule has 0 bridgehead atoms. The summed E-state index contributed by atoms with van der Waals surface area (Å²) in [6, 6.07) is 15.6. The van der Waals surface area contributed by atoms with Gasteiger partial charge in [-0.2, -0.15) is 0 Å². The lowest BCUT2D eigenvalue weighted by atomic mass is 10.1. The molecule has 1 aliphatic heterocycles. The van der Waals surface area contributed by atoms with Gasteiger partial charge in [0.15, 0.2) is 0 Å². The number of rotatable bonds is 6. The maximum absolute atomic E-state index is 12.7. The first-order valence-electron chi connectivity index (χ1n) is 9.64. The second-order valence-electron chi connectivity index (χ2n) is 6.86. The molecule has 2 aromatic rings. The highest BCUT2D eigenvalue weighted by molar-refractivity contribution is 7.98. The first-order chi connectivity index (χ1) is 13.6. The number of benzene rings is 2. The Balaban J connectivity index is 1.49. The van der Waals surface area contributed by atoms with E-state index in [1.54, 1.807) is 11.8 Å². The van der Waals surface area contributed by atoms with Crippen LogP contribution < -0.4 is 5.32 Å². The smallest absolute Gasteiger partial charge is 0.253 e. The molecule has 5 nitrogen and oxygen atoms in total. The normalized spacial score (nSPS) is 14.7. The van der Waals surface area contributed by atoms with Crippen LogP contribution in [0.4, 0.5) is 5.69 Å². The Morgan fingerprint density at radius 2 is 1.68 bits per heavy atom. The fourth-order valence-electron chi connectivity index (χ4n) is 3.37. The Morgan fingerprint density at radius 3 is 2.32 bits per heavy atom. The Hall–Kier alpha value is -2.31. The quantitative estimate of drug-likeness (QED) is 0.760. The number of anilines is 1. The van der Waals surface area contributed by atoms with Crippen molar-refractivity contribution in [3.63, 3.8) is 0 Å². The van der Waals surface area contributed by atoms with Crippen molar-refractivity contribution in [2.24, 2.45) is 0 Å². The number of aryl methyl sites for hydroxylation is 1. The minimum absolute atomic E-state index is 0.00618. The van der Waals surface area contributed by atoms with Gasteiger partial charge in [-0.3, -0.25) is 14.5 Å². The lowest BCUT2D eigenvalue weighted by Gasteiger charge is -2.34. The summed E-state index contributed by atoms with van der Waals surface area (Å²) < 4.78 is 0. The second kappa shape index (κ2) is 9.75. The van der Waals surface area contributed by atoms with Crippen LogP contribution in [-0.4, -0.2) is 60.6 Å². The Labute approximate surface area is 171 Å². The molecule has 1 N–H and O–H groups in total. The highest BCUT2D eigenvalue weighted by atomic mass is 32.2. The number of carbonyl (C=O) groups excluding carboxylic acids is 2. The first-order valence-corrected chi connectivity index (χ1v) is 10.9. The van der Waals surface area contributed by atoms with Gasteiger partial charge in [0.05, 0.1) is 6.54 Å². The Kier molecular flexibility index (Phi) is 7.12. The molecule has 0 aliphatic carbocycles. The fourth-order valence-corrected chi connectivity index (χ4v) is 3.78. The van der Waals surface area contributed by atoms with Gasteiger partial charge in [-0.15, -0.1) is 11.8 Å². The third-order valence-electron chi connectivity index (χ3n) is 5.04. The summed E-state index contributed by atoms with van der Waals surface area (Å²) in [5.41, 5.74) is 2.75. The molecular formula is C22H27N3O2S. The average molecular weight is 398 g/mol. The molecule has 1 heterocycles. The minimum Gasteiger partial charge on any atom is -0.336 e. The van der Waals surface area contributed by atoms with Crippen molar-refractivity contribution in [1.29, 1.82) is 0 Å². The number of para-hydroxylation sites is 1. The highest BCUT2D eigenvalue weighted by Gasteiger charge is 2.23. The molecule has 0 aromatic heterocycles. The molecule has 6 heteroatoms. The molecule has 0 atom stereocenters. The van der Waals surface area contributed by atoms with Gasteiger partial charge in [-0.05, 0) is 48.6 Å². The summed E-state index contributed by atoms with van der Waals surface area (Å²) in [7, 11) is 0. The van der Waals surface area contributed by atoms with Gasteiger partial charge in [-0.25, -0.2) is 0 Å². The summed E-state index contributed by atoms with van der Waals surface area (Å²) in [5, 5.41) is 3.02. The predicted molar refractivity (Wildman–Crippen MR) is 115 cm³/mol. The molecule has 1 fully saturated rings. The summed E-state index contributed by atoms with van der Waals surface area (Å²) in [6.45, 7) is 5.12. The number of amides is 2. The van der Waals surface area contributed by atoms with Gasteiger partial charge in [0.1, 0.15) is 0 Å². The maximum atomic E-state index is 12.7. The number of nitrogens with zero attached hydrogens (tertiary/aromatic N) is 2. The monoisotopic (exact) mass is 397 g/mol. The summed E-state index contributed by atoms with van der Waals surface area (Å²) in [4.78, 5) is 30.2. The minimum atomic E-state index is -0.00618. The Morgan fingerprint density at radius 1 is 1.00 bits per heavy atom. The van der Waals surface area contributed by atoms with E-state index in [-0.39, 0.29) is 11.8 Å². The first kappa shape index (κ1) is 20.4. The van der Waals surface area contributed by atoms with E-state index >= 15 is 0 Å². The van der Waals surface area contributed by atoms with Crippen LogP contribution in [0.15, 0.2) is 53.4 Å². The van der Waals surface area contributed by atoms with E-state index in [0.29, 0.717) is 32.7 Å². The molecule has 1 saturated heterocycles. The van der Waals surface area contributed by atoms with Gasteiger partial charge >= 0.3 is 0 Å². The van der Waals surface area contributed by atoms with Crippen LogP contribution in [0, 0.1) is 0 Å². The van der Waals surface area contributed by atoms with Crippen LogP contribution in [0.2, 0.25) is 0 Å². The van der Waals surface area contributed by atoms with Crippen LogP contribution in [0.3, 0.4) is 0 Å². The number of hydrogen-bond donors (Lipinski definition) is 1. The van der Waals surface area contributed by atoms with Gasteiger partial charge in [0.25, 0.3) is 5.91 Å².